The van der Waals surface area contributed by atoms with Crippen LogP contribution in [-0.4, -0.2) is 24.7 Å². The van der Waals surface area contributed by atoms with E-state index in [1.54, 1.807) is 0 Å². The number of rotatable bonds is 11. The fourth-order valence-electron chi connectivity index (χ4n) is 1.62. The van der Waals surface area contributed by atoms with Crippen molar-refractivity contribution >= 4 is 22.1 Å². The minimum absolute atomic E-state index is 0.135. The zero-order chi connectivity index (χ0) is 14.9. The molecule has 0 aromatic carbocycles. The largest absolute Gasteiger partial charge is 0.509 e. The Morgan fingerprint density at radius 3 is 2.45 bits per heavy atom. The average molecular weight is 347 g/mol. The highest BCUT2D eigenvalue weighted by Crippen LogP contribution is 2.02. The van der Waals surface area contributed by atoms with Crippen LogP contribution in [0.1, 0.15) is 64.7 Å². The molecule has 0 spiro atoms. The molecule has 0 atom stereocenters. The van der Waals surface area contributed by atoms with Gasteiger partial charge in [0, 0.05) is 11.8 Å². The van der Waals surface area contributed by atoms with Gasteiger partial charge in [-0.15, -0.1) is 0 Å². The predicted octanol–water partition coefficient (Wildman–Crippen LogP) is 5.07. The quantitative estimate of drug-likeness (QED) is 0.227. The van der Waals surface area contributed by atoms with Gasteiger partial charge >= 0.3 is 6.16 Å². The van der Waals surface area contributed by atoms with E-state index in [9.17, 15) is 4.79 Å². The first-order valence-corrected chi connectivity index (χ1v) is 8.74. The van der Waals surface area contributed by atoms with Crippen molar-refractivity contribution in [2.75, 3.05) is 18.5 Å². The summed E-state index contributed by atoms with van der Waals surface area (Å²) in [6.45, 7) is 2.76. The number of hydrogen-bond donors (Lipinski definition) is 0. The van der Waals surface area contributed by atoms with Crippen molar-refractivity contribution in [3.8, 4) is 11.8 Å². The lowest BCUT2D eigenvalue weighted by Crippen LogP contribution is -2.08. The molecule has 0 aliphatic heterocycles. The molecule has 0 aromatic heterocycles. The molecule has 0 amide bonds. The summed E-state index contributed by atoms with van der Waals surface area (Å²) in [5.41, 5.74) is 0. The van der Waals surface area contributed by atoms with Crippen LogP contribution in [0.2, 0.25) is 0 Å². The lowest BCUT2D eigenvalue weighted by molar-refractivity contribution is 0.0632. The van der Waals surface area contributed by atoms with Gasteiger partial charge in [-0.3, -0.25) is 0 Å². The Kier molecular flexibility index (Phi) is 15.8. The van der Waals surface area contributed by atoms with E-state index in [-0.39, 0.29) is 6.61 Å². The zero-order valence-electron chi connectivity index (χ0n) is 12.6. The molecule has 0 unspecified atom stereocenters. The molecule has 0 aliphatic carbocycles. The van der Waals surface area contributed by atoms with Gasteiger partial charge in [0.25, 0.3) is 0 Å². The van der Waals surface area contributed by atoms with Crippen LogP contribution in [0.3, 0.4) is 0 Å². The van der Waals surface area contributed by atoms with E-state index in [1.807, 2.05) is 0 Å². The Labute approximate surface area is 131 Å². The topological polar surface area (TPSA) is 35.5 Å². The summed E-state index contributed by atoms with van der Waals surface area (Å²) < 4.78 is 9.80. The molecule has 0 bridgehead atoms. The first-order chi connectivity index (χ1) is 9.81. The monoisotopic (exact) mass is 346 g/mol. The Morgan fingerprint density at radius 2 is 1.70 bits per heavy atom. The second kappa shape index (κ2) is 16.4. The molecule has 0 aromatic rings. The first kappa shape index (κ1) is 19.3. The van der Waals surface area contributed by atoms with Gasteiger partial charge in [-0.25, -0.2) is 4.79 Å². The Hall–Kier alpha value is -0.690. The molecule has 0 aliphatic rings. The van der Waals surface area contributed by atoms with Gasteiger partial charge in [-0.05, 0) is 19.3 Å². The lowest BCUT2D eigenvalue weighted by Gasteiger charge is -2.03. The SMILES string of the molecule is CCCCCCC#CCOC(=O)OCCCCCCBr. The van der Waals surface area contributed by atoms with Gasteiger partial charge in [0.15, 0.2) is 6.61 Å². The van der Waals surface area contributed by atoms with Crippen LogP contribution in [0, 0.1) is 11.8 Å². The van der Waals surface area contributed by atoms with Gasteiger partial charge < -0.3 is 9.47 Å². The minimum Gasteiger partial charge on any atom is -0.434 e. The van der Waals surface area contributed by atoms with Crippen molar-refractivity contribution in [1.82, 2.24) is 0 Å². The van der Waals surface area contributed by atoms with Crippen molar-refractivity contribution in [3.05, 3.63) is 0 Å². The van der Waals surface area contributed by atoms with E-state index >= 15 is 0 Å². The average Bonchev–Trinajstić information content (AvgIpc) is 2.45. The molecule has 4 heteroatoms. The molecule has 0 rings (SSSR count). The van der Waals surface area contributed by atoms with Crippen molar-refractivity contribution in [1.29, 1.82) is 0 Å². The van der Waals surface area contributed by atoms with Crippen molar-refractivity contribution in [3.63, 3.8) is 0 Å². The number of alkyl halides is 1. The van der Waals surface area contributed by atoms with E-state index in [4.69, 9.17) is 9.47 Å². The molecule has 0 fully saturated rings. The summed E-state index contributed by atoms with van der Waals surface area (Å²) >= 11 is 3.38. The standard InChI is InChI=1S/C16H27BrO3/c1-2-3-4-5-6-8-11-14-19-16(18)20-15-12-9-7-10-13-17/h2-7,9-10,12-15H2,1H3. The second-order valence-corrected chi connectivity index (χ2v) is 5.45. The summed E-state index contributed by atoms with van der Waals surface area (Å²) in [5, 5.41) is 1.03. The number of halogens is 1. The second-order valence-electron chi connectivity index (χ2n) is 4.65. The summed E-state index contributed by atoms with van der Waals surface area (Å²) in [6.07, 6.45) is 9.42. The Bertz CT molecular complexity index is 281. The van der Waals surface area contributed by atoms with Crippen LogP contribution >= 0.6 is 15.9 Å². The lowest BCUT2D eigenvalue weighted by atomic mass is 10.2. The van der Waals surface area contributed by atoms with Gasteiger partial charge in [0.2, 0.25) is 0 Å². The molecule has 0 heterocycles. The summed E-state index contributed by atoms with van der Waals surface area (Å²) in [5.74, 6) is 5.84. The third-order valence-corrected chi connectivity index (χ3v) is 3.35. The van der Waals surface area contributed by atoms with Gasteiger partial charge in [0.05, 0.1) is 6.61 Å². The van der Waals surface area contributed by atoms with Crippen molar-refractivity contribution in [2.24, 2.45) is 0 Å². The van der Waals surface area contributed by atoms with Crippen LogP contribution in [0.15, 0.2) is 0 Å². The normalized spacial score (nSPS) is 9.70. The summed E-state index contributed by atoms with van der Waals surface area (Å²) in [4.78, 5) is 11.2. The highest BCUT2D eigenvalue weighted by molar-refractivity contribution is 9.09. The molecule has 3 nitrogen and oxygen atoms in total. The highest BCUT2D eigenvalue weighted by atomic mass is 79.9. The molecule has 0 radical (unpaired) electrons. The molecule has 0 saturated carbocycles. The first-order valence-electron chi connectivity index (χ1n) is 7.62. The number of carbonyl (C=O) groups excluding carboxylic acids is 1. The third kappa shape index (κ3) is 15.4. The van der Waals surface area contributed by atoms with Gasteiger partial charge in [-0.1, -0.05) is 66.8 Å². The molecule has 116 valence electrons. The number of hydrogen-bond acceptors (Lipinski definition) is 3. The van der Waals surface area contributed by atoms with Crippen LogP contribution in [0.5, 0.6) is 0 Å². The smallest absolute Gasteiger partial charge is 0.434 e. The van der Waals surface area contributed by atoms with Crippen molar-refractivity contribution in [2.45, 2.75) is 64.7 Å². The fourth-order valence-corrected chi connectivity index (χ4v) is 2.02. The Balaban J connectivity index is 3.29. The molecule has 0 N–H and O–H groups in total. The molecule has 0 saturated heterocycles. The maximum Gasteiger partial charge on any atom is 0.509 e. The maximum absolute atomic E-state index is 11.2. The van der Waals surface area contributed by atoms with Crippen LogP contribution in [0.25, 0.3) is 0 Å². The summed E-state index contributed by atoms with van der Waals surface area (Å²) in [6, 6.07) is 0. The number of carbonyl (C=O) groups is 1. The molecular weight excluding hydrogens is 320 g/mol. The van der Waals surface area contributed by atoms with Crippen LogP contribution in [0.4, 0.5) is 4.79 Å². The molecular formula is C16H27BrO3. The maximum atomic E-state index is 11.2. The van der Waals surface area contributed by atoms with Crippen LogP contribution < -0.4 is 0 Å². The molecule has 20 heavy (non-hydrogen) atoms. The van der Waals surface area contributed by atoms with Gasteiger partial charge in [-0.2, -0.15) is 0 Å². The van der Waals surface area contributed by atoms with Crippen LogP contribution in [-0.2, 0) is 9.47 Å². The van der Waals surface area contributed by atoms with E-state index < -0.39 is 6.16 Å². The number of unbranched alkanes of at least 4 members (excludes halogenated alkanes) is 7. The predicted molar refractivity (Wildman–Crippen MR) is 86.1 cm³/mol. The van der Waals surface area contributed by atoms with E-state index in [2.05, 4.69) is 34.7 Å². The van der Waals surface area contributed by atoms with E-state index in [0.717, 1.165) is 43.9 Å². The van der Waals surface area contributed by atoms with E-state index in [0.29, 0.717) is 6.61 Å². The third-order valence-electron chi connectivity index (χ3n) is 2.79. The van der Waals surface area contributed by atoms with E-state index in [1.165, 1.54) is 19.3 Å². The minimum atomic E-state index is -0.606. The van der Waals surface area contributed by atoms with Crippen molar-refractivity contribution < 1.29 is 14.3 Å². The van der Waals surface area contributed by atoms with Gasteiger partial charge in [0.1, 0.15) is 0 Å². The fraction of sp³-hybridized carbons (Fsp3) is 0.812. The highest BCUT2D eigenvalue weighted by Gasteiger charge is 2.01. The number of ether oxygens (including phenoxy) is 2. The Morgan fingerprint density at radius 1 is 0.950 bits per heavy atom. The summed E-state index contributed by atoms with van der Waals surface area (Å²) in [7, 11) is 0. The zero-order valence-corrected chi connectivity index (χ0v) is 14.2.